The highest BCUT2D eigenvalue weighted by Crippen LogP contribution is 2.37. The van der Waals surface area contributed by atoms with Crippen molar-refractivity contribution in [3.63, 3.8) is 0 Å². The van der Waals surface area contributed by atoms with Crippen molar-refractivity contribution in [1.82, 2.24) is 4.98 Å². The number of allylic oxidation sites excluding steroid dienone is 1. The van der Waals surface area contributed by atoms with E-state index in [0.29, 0.717) is 33.1 Å². The summed E-state index contributed by atoms with van der Waals surface area (Å²) in [7, 11) is 0. The minimum Gasteiger partial charge on any atom is -0.382 e. The van der Waals surface area contributed by atoms with Crippen LogP contribution in [0.1, 0.15) is 25.1 Å². The molecule has 232 valence electrons. The van der Waals surface area contributed by atoms with Crippen molar-refractivity contribution < 1.29 is 0 Å². The highest BCUT2D eigenvalue weighted by Gasteiger charge is 2.09. The Morgan fingerprint density at radius 1 is 0.708 bits per heavy atom. The number of hydrogen-bond donors (Lipinski definition) is 1. The highest BCUT2D eigenvalue weighted by atomic mass is 32.1. The summed E-state index contributed by atoms with van der Waals surface area (Å²) in [5.74, 6) is 0. The number of aromatic nitrogens is 1. The maximum Gasteiger partial charge on any atom is 0.230 e. The number of fused-ring (bicyclic) bond motifs is 2. The van der Waals surface area contributed by atoms with Crippen LogP contribution >= 0.6 is 11.3 Å². The maximum absolute atomic E-state index is 8.92. The number of nitrogens with one attached hydrogen (secondary N) is 1. The van der Waals surface area contributed by atoms with Crippen molar-refractivity contribution in [2.45, 2.75) is 26.3 Å². The Bertz CT molecular complexity index is 2290. The molecule has 0 aliphatic carbocycles. The van der Waals surface area contributed by atoms with Gasteiger partial charge in [-0.25, -0.2) is 4.98 Å². The van der Waals surface area contributed by atoms with E-state index in [0.717, 1.165) is 45.0 Å². The summed E-state index contributed by atoms with van der Waals surface area (Å²) in [5.41, 5.74) is 4.61. The molecule has 5 aromatic carbocycles. The Kier molecular flexibility index (Phi) is 9.71. The molecule has 0 spiro atoms. The van der Waals surface area contributed by atoms with E-state index < -0.39 is 0 Å². The summed E-state index contributed by atoms with van der Waals surface area (Å²) in [6, 6.07) is 35.3. The summed E-state index contributed by atoms with van der Waals surface area (Å²) in [6.45, 7) is 4.34. The molecule has 0 aliphatic rings. The molecule has 6 aromatic rings. The molecule has 1 heterocycles. The van der Waals surface area contributed by atoms with Crippen molar-refractivity contribution >= 4 is 78.2 Å². The number of hydrogen-bond acceptors (Lipinski definition) is 11. The second kappa shape index (κ2) is 14.8. The third-order valence-electron chi connectivity index (χ3n) is 7.47. The summed E-state index contributed by atoms with van der Waals surface area (Å²) >= 11 is 1.23. The third-order valence-corrected chi connectivity index (χ3v) is 8.30. The van der Waals surface area contributed by atoms with Gasteiger partial charge in [0.1, 0.15) is 17.7 Å². The Balaban J connectivity index is 1.19. The number of nitriles is 2. The zero-order chi connectivity index (χ0) is 33.3. The lowest BCUT2D eigenvalue weighted by Crippen LogP contribution is -2.13. The van der Waals surface area contributed by atoms with Crippen LogP contribution in [0.4, 0.5) is 39.3 Å². The average molecular weight is 645 g/mol. The van der Waals surface area contributed by atoms with E-state index in [1.165, 1.54) is 17.4 Å². The van der Waals surface area contributed by atoms with Gasteiger partial charge < -0.3 is 5.32 Å². The van der Waals surface area contributed by atoms with E-state index in [1.807, 2.05) is 66.7 Å². The molecule has 0 aliphatic heterocycles. The molecule has 11 heteroatoms. The highest BCUT2D eigenvalue weighted by molar-refractivity contribution is 7.16. The fourth-order valence-corrected chi connectivity index (χ4v) is 5.51. The van der Waals surface area contributed by atoms with Gasteiger partial charge in [-0.2, -0.15) is 15.6 Å². The number of thiazole rings is 1. The summed E-state index contributed by atoms with van der Waals surface area (Å²) in [6.07, 6.45) is 4.04. The van der Waals surface area contributed by atoms with E-state index in [9.17, 15) is 0 Å². The molecule has 0 bridgehead atoms. The first-order chi connectivity index (χ1) is 23.5. The molecular formula is C37H28N10S. The van der Waals surface area contributed by atoms with Crippen molar-refractivity contribution in [2.24, 2.45) is 30.7 Å². The van der Waals surface area contributed by atoms with Crippen molar-refractivity contribution in [3.8, 4) is 12.1 Å². The van der Waals surface area contributed by atoms with Gasteiger partial charge in [-0.05, 0) is 68.0 Å². The van der Waals surface area contributed by atoms with E-state index in [1.54, 1.807) is 30.5 Å². The SMILES string of the molecule is CCC(C)Nc1ccc(/N=N/c2ccc(/N=N/c3ccc(/N=N/c4ncc(C=C(C#N)C#N)s4)cc3)c3ccccc23)c2ccccc12. The van der Waals surface area contributed by atoms with Gasteiger partial charge in [-0.3, -0.25) is 0 Å². The zero-order valence-corrected chi connectivity index (χ0v) is 26.9. The van der Waals surface area contributed by atoms with Crippen LogP contribution in [-0.4, -0.2) is 11.0 Å². The molecule has 0 saturated carbocycles. The quantitative estimate of drug-likeness (QED) is 0.117. The van der Waals surface area contributed by atoms with Crippen LogP contribution in [0.15, 0.2) is 140 Å². The zero-order valence-electron chi connectivity index (χ0n) is 26.1. The van der Waals surface area contributed by atoms with Gasteiger partial charge in [0, 0.05) is 39.5 Å². The average Bonchev–Trinajstić information content (AvgIpc) is 3.59. The molecule has 1 N–H and O–H groups in total. The molecule has 0 radical (unpaired) electrons. The van der Waals surface area contributed by atoms with E-state index in [4.69, 9.17) is 10.5 Å². The van der Waals surface area contributed by atoms with E-state index in [-0.39, 0.29) is 5.57 Å². The van der Waals surface area contributed by atoms with Crippen molar-refractivity contribution in [3.05, 3.63) is 114 Å². The van der Waals surface area contributed by atoms with Crippen LogP contribution in [0.5, 0.6) is 0 Å². The Labute approximate surface area is 281 Å². The van der Waals surface area contributed by atoms with Gasteiger partial charge in [0.2, 0.25) is 5.13 Å². The fraction of sp³-hybridized carbons (Fsp3) is 0.108. The molecule has 0 saturated heterocycles. The normalized spacial score (nSPS) is 12.1. The predicted octanol–water partition coefficient (Wildman–Crippen LogP) is 12.3. The van der Waals surface area contributed by atoms with Crippen LogP contribution in [0.25, 0.3) is 27.6 Å². The Morgan fingerprint density at radius 2 is 1.21 bits per heavy atom. The standard InChI is InChI=1S/C37H28N10S/c1-3-24(2)41-33-16-17-35(30-9-5-4-8-29(30)33)45-46-36-19-18-34(31-10-6-7-11-32(31)36)44-42-26-12-14-27(15-13-26)43-47-37-40-23-28(48-37)20-25(21-38)22-39/h4-20,23-24,41H,3H2,1-2H3/b44-42+,46-45+,47-43+. The monoisotopic (exact) mass is 644 g/mol. The van der Waals surface area contributed by atoms with Crippen LogP contribution < -0.4 is 5.32 Å². The van der Waals surface area contributed by atoms with Crippen LogP contribution in [-0.2, 0) is 0 Å². The van der Waals surface area contributed by atoms with Crippen LogP contribution in [0.3, 0.4) is 0 Å². The van der Waals surface area contributed by atoms with Gasteiger partial charge in [0.15, 0.2) is 0 Å². The lowest BCUT2D eigenvalue weighted by molar-refractivity contribution is 0.765. The van der Waals surface area contributed by atoms with Crippen LogP contribution in [0.2, 0.25) is 0 Å². The molecule has 0 fully saturated rings. The van der Waals surface area contributed by atoms with Gasteiger partial charge in [-0.1, -0.05) is 66.8 Å². The molecule has 6 rings (SSSR count). The Hall–Kier alpha value is -6.43. The molecule has 48 heavy (non-hydrogen) atoms. The first-order valence-corrected chi connectivity index (χ1v) is 16.0. The molecule has 1 atom stereocenters. The van der Waals surface area contributed by atoms with Gasteiger partial charge >= 0.3 is 0 Å². The molecule has 1 aromatic heterocycles. The predicted molar refractivity (Wildman–Crippen MR) is 192 cm³/mol. The molecule has 10 nitrogen and oxygen atoms in total. The number of anilines is 1. The topological polar surface area (TPSA) is 147 Å². The molecular weight excluding hydrogens is 617 g/mol. The van der Waals surface area contributed by atoms with E-state index >= 15 is 0 Å². The molecule has 1 unspecified atom stereocenters. The summed E-state index contributed by atoms with van der Waals surface area (Å²) < 4.78 is 0. The fourth-order valence-electron chi connectivity index (χ4n) is 4.83. The molecule has 0 amide bonds. The first-order valence-electron chi connectivity index (χ1n) is 15.2. The lowest BCUT2D eigenvalue weighted by atomic mass is 10.1. The third kappa shape index (κ3) is 7.34. The number of rotatable bonds is 10. The minimum absolute atomic E-state index is 0.00201. The number of nitrogens with zero attached hydrogens (tertiary/aromatic N) is 9. The summed E-state index contributed by atoms with van der Waals surface area (Å²) in [5, 5.41) is 52.5. The van der Waals surface area contributed by atoms with Gasteiger partial charge in [-0.15, -0.1) is 25.6 Å². The van der Waals surface area contributed by atoms with Crippen LogP contribution in [0, 0.1) is 22.7 Å². The van der Waals surface area contributed by atoms with E-state index in [2.05, 4.69) is 73.0 Å². The Morgan fingerprint density at radius 3 is 1.77 bits per heavy atom. The first kappa shape index (κ1) is 31.5. The number of benzene rings is 5. The van der Waals surface area contributed by atoms with Crippen molar-refractivity contribution in [1.29, 1.82) is 10.5 Å². The van der Waals surface area contributed by atoms with Crippen molar-refractivity contribution in [2.75, 3.05) is 5.32 Å². The maximum atomic E-state index is 8.92. The van der Waals surface area contributed by atoms with Gasteiger partial charge in [0.25, 0.3) is 0 Å². The lowest BCUT2D eigenvalue weighted by Gasteiger charge is -2.15. The summed E-state index contributed by atoms with van der Waals surface area (Å²) in [4.78, 5) is 4.81. The second-order valence-electron chi connectivity index (χ2n) is 10.7. The van der Waals surface area contributed by atoms with Gasteiger partial charge in [0.05, 0.1) is 33.3 Å². The number of azo groups is 3. The second-order valence-corrected chi connectivity index (χ2v) is 11.8. The minimum atomic E-state index is 0.00201. The largest absolute Gasteiger partial charge is 0.382 e. The smallest absolute Gasteiger partial charge is 0.230 e.